The van der Waals surface area contributed by atoms with Gasteiger partial charge in [0.2, 0.25) is 0 Å². The molecule has 0 bridgehead atoms. The predicted octanol–water partition coefficient (Wildman–Crippen LogP) is 3.21. The average molecular weight is 421 g/mol. The van der Waals surface area contributed by atoms with Crippen molar-refractivity contribution in [2.75, 3.05) is 13.1 Å². The molecule has 0 amide bonds. The molecule has 1 aliphatic heterocycles. The van der Waals surface area contributed by atoms with Gasteiger partial charge >= 0.3 is 6.61 Å². The lowest BCUT2D eigenvalue weighted by Gasteiger charge is -2.13. The first-order chi connectivity index (χ1) is 14.6. The number of rotatable bonds is 8. The molecule has 7 nitrogen and oxygen atoms in total. The Morgan fingerprint density at radius 2 is 2.10 bits per heavy atom. The quantitative estimate of drug-likeness (QED) is 0.507. The van der Waals surface area contributed by atoms with Crippen LogP contribution in [-0.2, 0) is 25.9 Å². The van der Waals surface area contributed by atoms with E-state index in [1.54, 1.807) is 12.1 Å². The van der Waals surface area contributed by atoms with E-state index in [1.165, 1.54) is 12.8 Å². The zero-order valence-corrected chi connectivity index (χ0v) is 17.6. The summed E-state index contributed by atoms with van der Waals surface area (Å²) in [6.07, 6.45) is 5.29. The summed E-state index contributed by atoms with van der Waals surface area (Å²) in [7, 11) is 0. The van der Waals surface area contributed by atoms with E-state index in [9.17, 15) is 8.78 Å². The first kappa shape index (κ1) is 22.0. The van der Waals surface area contributed by atoms with Crippen LogP contribution in [0.2, 0.25) is 0 Å². The molecule has 2 N–H and O–H groups in total. The third-order valence-corrected chi connectivity index (χ3v) is 5.01. The van der Waals surface area contributed by atoms with E-state index in [0.717, 1.165) is 43.0 Å². The molecule has 0 atom stereocenters. The van der Waals surface area contributed by atoms with Crippen molar-refractivity contribution in [2.45, 2.75) is 65.7 Å². The van der Waals surface area contributed by atoms with Crippen molar-refractivity contribution in [1.29, 1.82) is 0 Å². The molecule has 1 aromatic carbocycles. The number of hydrogen-bond acceptors (Lipinski definition) is 4. The average Bonchev–Trinajstić information content (AvgIpc) is 2.93. The maximum Gasteiger partial charge on any atom is 0.387 e. The molecule has 3 rings (SSSR count). The lowest BCUT2D eigenvalue weighted by molar-refractivity contribution is -0.0504. The number of aryl methyl sites for hydroxylation is 2. The van der Waals surface area contributed by atoms with Crippen LogP contribution in [0.25, 0.3) is 0 Å². The number of aromatic nitrogens is 3. The lowest BCUT2D eigenvalue weighted by Crippen LogP contribution is -2.38. The fraction of sp³-hybridized carbons (Fsp3) is 0.571. The van der Waals surface area contributed by atoms with E-state index in [1.807, 2.05) is 19.9 Å². The Bertz CT molecular complexity index is 852. The molecule has 0 aliphatic carbocycles. The SMILES string of the molecule is CCNC(=NCc1cc(C)ccc1OC(F)F)NCCc1nnc2n1CCCCC2. The molecule has 0 saturated carbocycles. The maximum atomic E-state index is 12.7. The van der Waals surface area contributed by atoms with Crippen molar-refractivity contribution in [3.8, 4) is 5.75 Å². The van der Waals surface area contributed by atoms with Gasteiger partial charge in [0.15, 0.2) is 5.96 Å². The molecule has 30 heavy (non-hydrogen) atoms. The highest BCUT2D eigenvalue weighted by Gasteiger charge is 2.14. The minimum absolute atomic E-state index is 0.154. The number of halogens is 2. The Morgan fingerprint density at radius 1 is 1.23 bits per heavy atom. The van der Waals surface area contributed by atoms with Crippen LogP contribution in [-0.4, -0.2) is 40.4 Å². The van der Waals surface area contributed by atoms with Crippen LogP contribution in [0.15, 0.2) is 23.2 Å². The number of ether oxygens (including phenoxy) is 1. The molecule has 0 saturated heterocycles. The molecule has 0 spiro atoms. The van der Waals surface area contributed by atoms with Gasteiger partial charge < -0.3 is 19.9 Å². The summed E-state index contributed by atoms with van der Waals surface area (Å²) in [4.78, 5) is 4.54. The number of benzene rings is 1. The first-order valence-electron chi connectivity index (χ1n) is 10.5. The highest BCUT2D eigenvalue weighted by Crippen LogP contribution is 2.23. The zero-order valence-electron chi connectivity index (χ0n) is 17.6. The van der Waals surface area contributed by atoms with Crippen molar-refractivity contribution in [3.63, 3.8) is 0 Å². The van der Waals surface area contributed by atoms with Crippen molar-refractivity contribution in [1.82, 2.24) is 25.4 Å². The Kier molecular flexibility index (Phi) is 7.98. The number of hydrogen-bond donors (Lipinski definition) is 2. The van der Waals surface area contributed by atoms with Crippen molar-refractivity contribution >= 4 is 5.96 Å². The second-order valence-corrected chi connectivity index (χ2v) is 7.36. The van der Waals surface area contributed by atoms with Gasteiger partial charge in [0.1, 0.15) is 17.4 Å². The minimum atomic E-state index is -2.86. The van der Waals surface area contributed by atoms with Gasteiger partial charge in [-0.15, -0.1) is 10.2 Å². The van der Waals surface area contributed by atoms with Crippen LogP contribution in [0.1, 0.15) is 49.0 Å². The molecular weight excluding hydrogens is 390 g/mol. The van der Waals surface area contributed by atoms with Gasteiger partial charge in [-0.1, -0.05) is 24.1 Å². The standard InChI is InChI=1S/C21H30F2N6O/c1-3-24-21(26-14-16-13-15(2)8-9-17(16)30-20(22)23)25-11-10-19-28-27-18-7-5-4-6-12-29(18)19/h8-9,13,20H,3-7,10-12,14H2,1-2H3,(H2,24,25,26). The van der Waals surface area contributed by atoms with Gasteiger partial charge in [-0.05, 0) is 32.8 Å². The number of nitrogens with zero attached hydrogens (tertiary/aromatic N) is 4. The second kappa shape index (κ2) is 10.9. The summed E-state index contributed by atoms with van der Waals surface area (Å²) in [5.41, 5.74) is 1.59. The van der Waals surface area contributed by atoms with E-state index in [4.69, 9.17) is 0 Å². The smallest absolute Gasteiger partial charge is 0.387 e. The largest absolute Gasteiger partial charge is 0.434 e. The fourth-order valence-electron chi connectivity index (χ4n) is 3.57. The second-order valence-electron chi connectivity index (χ2n) is 7.36. The fourth-order valence-corrected chi connectivity index (χ4v) is 3.57. The highest BCUT2D eigenvalue weighted by molar-refractivity contribution is 5.79. The topological polar surface area (TPSA) is 76.4 Å². The molecular formula is C21H30F2N6O. The number of guanidine groups is 1. The Hall–Kier alpha value is -2.71. The molecule has 9 heteroatoms. The van der Waals surface area contributed by atoms with Crippen LogP contribution in [0.4, 0.5) is 8.78 Å². The lowest BCUT2D eigenvalue weighted by atomic mass is 10.1. The predicted molar refractivity (Wildman–Crippen MR) is 112 cm³/mol. The molecule has 1 aromatic heterocycles. The molecule has 0 fully saturated rings. The molecule has 2 aromatic rings. The zero-order chi connectivity index (χ0) is 21.3. The minimum Gasteiger partial charge on any atom is -0.434 e. The van der Waals surface area contributed by atoms with Crippen LogP contribution in [0.5, 0.6) is 5.75 Å². The van der Waals surface area contributed by atoms with Crippen molar-refractivity contribution < 1.29 is 13.5 Å². The van der Waals surface area contributed by atoms with Crippen molar-refractivity contribution in [3.05, 3.63) is 41.0 Å². The number of fused-ring (bicyclic) bond motifs is 1. The summed E-state index contributed by atoms with van der Waals surface area (Å²) in [5.74, 6) is 2.84. The van der Waals surface area contributed by atoms with E-state index in [0.29, 0.717) is 24.6 Å². The summed E-state index contributed by atoms with van der Waals surface area (Å²) in [6.45, 7) is 3.59. The van der Waals surface area contributed by atoms with Gasteiger partial charge in [-0.3, -0.25) is 0 Å². The summed E-state index contributed by atoms with van der Waals surface area (Å²) in [6, 6.07) is 5.12. The number of aliphatic imine (C=N–C) groups is 1. The van der Waals surface area contributed by atoms with Crippen LogP contribution in [0.3, 0.4) is 0 Å². The van der Waals surface area contributed by atoms with Gasteiger partial charge in [0, 0.05) is 38.0 Å². The normalized spacial score (nSPS) is 14.4. The molecule has 164 valence electrons. The van der Waals surface area contributed by atoms with E-state index in [-0.39, 0.29) is 12.3 Å². The van der Waals surface area contributed by atoms with E-state index >= 15 is 0 Å². The van der Waals surface area contributed by atoms with Gasteiger partial charge in [-0.25, -0.2) is 4.99 Å². The summed E-state index contributed by atoms with van der Waals surface area (Å²) < 4.78 is 32.2. The molecule has 2 heterocycles. The van der Waals surface area contributed by atoms with Gasteiger partial charge in [0.25, 0.3) is 0 Å². The molecule has 1 aliphatic rings. The Labute approximate surface area is 175 Å². The maximum absolute atomic E-state index is 12.7. The Morgan fingerprint density at radius 3 is 2.90 bits per heavy atom. The summed E-state index contributed by atoms with van der Waals surface area (Å²) >= 11 is 0. The van der Waals surface area contributed by atoms with Crippen LogP contribution >= 0.6 is 0 Å². The highest BCUT2D eigenvalue weighted by atomic mass is 19.3. The van der Waals surface area contributed by atoms with Gasteiger partial charge in [-0.2, -0.15) is 8.78 Å². The monoisotopic (exact) mass is 420 g/mol. The number of alkyl halides is 2. The summed E-state index contributed by atoms with van der Waals surface area (Å²) in [5, 5.41) is 15.2. The van der Waals surface area contributed by atoms with Gasteiger partial charge in [0.05, 0.1) is 6.54 Å². The van der Waals surface area contributed by atoms with Crippen molar-refractivity contribution in [2.24, 2.45) is 4.99 Å². The van der Waals surface area contributed by atoms with Crippen LogP contribution in [0, 0.1) is 6.92 Å². The van der Waals surface area contributed by atoms with Crippen LogP contribution < -0.4 is 15.4 Å². The first-order valence-corrected chi connectivity index (χ1v) is 10.5. The molecule has 0 unspecified atom stereocenters. The third kappa shape index (κ3) is 6.14. The van der Waals surface area contributed by atoms with E-state index < -0.39 is 6.61 Å². The molecule has 0 radical (unpaired) electrons. The van der Waals surface area contributed by atoms with E-state index in [2.05, 4.69) is 35.1 Å². The number of nitrogens with one attached hydrogen (secondary N) is 2. The third-order valence-electron chi connectivity index (χ3n) is 5.01. The Balaban J connectivity index is 1.62.